The second kappa shape index (κ2) is 11.0. The third-order valence-electron chi connectivity index (χ3n) is 6.66. The van der Waals surface area contributed by atoms with E-state index in [2.05, 4.69) is 30.6 Å². The first-order valence-corrected chi connectivity index (χ1v) is 13.5. The van der Waals surface area contributed by atoms with Crippen molar-refractivity contribution in [3.63, 3.8) is 0 Å². The molecule has 0 radical (unpaired) electrons. The first-order chi connectivity index (χ1) is 18.6. The number of nitrogens with zero attached hydrogens (tertiary/aromatic N) is 4. The zero-order chi connectivity index (χ0) is 27.9. The third kappa shape index (κ3) is 5.63. The van der Waals surface area contributed by atoms with Crippen LogP contribution >= 0.6 is 34.5 Å². The van der Waals surface area contributed by atoms with Crippen LogP contribution in [0.25, 0.3) is 20.8 Å². The molecule has 9 nitrogen and oxygen atoms in total. The van der Waals surface area contributed by atoms with Crippen LogP contribution < -0.4 is 10.6 Å². The molecule has 1 fully saturated rings. The van der Waals surface area contributed by atoms with E-state index < -0.39 is 36.6 Å². The summed E-state index contributed by atoms with van der Waals surface area (Å²) in [5, 5.41) is 37.0. The number of aryl methyl sites for hydroxylation is 1. The van der Waals surface area contributed by atoms with E-state index >= 15 is 0 Å². The number of aliphatic hydroxyl groups is 3. The molecule has 5 N–H and O–H groups in total. The number of nitrogens with one attached hydrogen (secondary N) is 2. The maximum Gasteiger partial charge on any atom is 0.290 e. The highest BCUT2D eigenvalue weighted by atomic mass is 35.5. The number of halogens is 4. The zero-order valence-corrected chi connectivity index (χ0v) is 22.8. The number of anilines is 2. The minimum atomic E-state index is -3.32. The average Bonchev–Trinajstić information content (AvgIpc) is 3.45. The second-order valence-corrected chi connectivity index (χ2v) is 11.2. The van der Waals surface area contributed by atoms with E-state index in [0.717, 1.165) is 10.8 Å². The Balaban J connectivity index is 1.49. The third-order valence-corrected chi connectivity index (χ3v) is 8.46. The van der Waals surface area contributed by atoms with Crippen LogP contribution in [-0.4, -0.2) is 66.7 Å². The Labute approximate surface area is 235 Å². The van der Waals surface area contributed by atoms with Gasteiger partial charge in [0.25, 0.3) is 5.92 Å². The molecule has 0 spiro atoms. The molecule has 4 aromatic rings. The number of alkyl halides is 2. The molecule has 0 amide bonds. The van der Waals surface area contributed by atoms with Gasteiger partial charge in [0.2, 0.25) is 5.95 Å². The van der Waals surface area contributed by atoms with Crippen molar-refractivity contribution in [2.45, 2.75) is 37.5 Å². The summed E-state index contributed by atoms with van der Waals surface area (Å²) in [5.41, 5.74) is 1.32. The highest BCUT2D eigenvalue weighted by Crippen LogP contribution is 2.38. The molecule has 3 aromatic heterocycles. The smallest absolute Gasteiger partial charge is 0.290 e. The van der Waals surface area contributed by atoms with Gasteiger partial charge in [0.05, 0.1) is 50.9 Å². The van der Waals surface area contributed by atoms with Gasteiger partial charge in [-0.1, -0.05) is 29.3 Å². The van der Waals surface area contributed by atoms with Gasteiger partial charge in [0, 0.05) is 24.3 Å². The number of aliphatic hydroxyl groups excluding tert-OH is 3. The van der Waals surface area contributed by atoms with Gasteiger partial charge < -0.3 is 26.0 Å². The van der Waals surface area contributed by atoms with Crippen LogP contribution in [0.3, 0.4) is 0 Å². The number of aromatic nitrogens is 4. The largest absolute Gasteiger partial charge is 0.396 e. The molecule has 0 unspecified atom stereocenters. The van der Waals surface area contributed by atoms with Crippen molar-refractivity contribution in [2.75, 3.05) is 23.8 Å². The number of pyridine rings is 1. The fourth-order valence-electron chi connectivity index (χ4n) is 4.54. The van der Waals surface area contributed by atoms with Crippen LogP contribution in [0.4, 0.5) is 20.5 Å². The van der Waals surface area contributed by atoms with Crippen molar-refractivity contribution in [3.05, 3.63) is 58.0 Å². The van der Waals surface area contributed by atoms with Gasteiger partial charge >= 0.3 is 0 Å². The van der Waals surface area contributed by atoms with Crippen molar-refractivity contribution in [1.29, 1.82) is 0 Å². The topological polar surface area (TPSA) is 136 Å². The Hall–Kier alpha value is -2.74. The van der Waals surface area contributed by atoms with Gasteiger partial charge in [0.1, 0.15) is 22.4 Å². The maximum atomic E-state index is 15.0. The van der Waals surface area contributed by atoms with Crippen LogP contribution in [-0.2, 0) is 5.92 Å². The quantitative estimate of drug-likeness (QED) is 0.199. The Morgan fingerprint density at radius 3 is 2.59 bits per heavy atom. The van der Waals surface area contributed by atoms with Crippen LogP contribution in [0.2, 0.25) is 10.0 Å². The molecule has 5 rings (SSSR count). The van der Waals surface area contributed by atoms with Gasteiger partial charge in [0.15, 0.2) is 0 Å². The van der Waals surface area contributed by atoms with E-state index in [-0.39, 0.29) is 40.4 Å². The van der Waals surface area contributed by atoms with Crippen molar-refractivity contribution in [3.8, 4) is 10.6 Å². The SMILES string of the molecule is Cc1nc(NCC(F)(F)c2ccc(Cl)c(Cl)c2)nc(N[C@@H]2C[C@H](CO)[C@@H](O)[C@H]2O)c1-c1nc2cnccc2s1. The molecule has 39 heavy (non-hydrogen) atoms. The first-order valence-electron chi connectivity index (χ1n) is 12.0. The highest BCUT2D eigenvalue weighted by Gasteiger charge is 2.41. The first kappa shape index (κ1) is 27.8. The predicted octanol–water partition coefficient (Wildman–Crippen LogP) is 4.48. The molecule has 1 saturated carbocycles. The summed E-state index contributed by atoms with van der Waals surface area (Å²) in [6.07, 6.45) is 1.24. The number of benzene rings is 1. The van der Waals surface area contributed by atoms with Crippen molar-refractivity contribution in [2.24, 2.45) is 5.92 Å². The summed E-state index contributed by atoms with van der Waals surface area (Å²) in [4.78, 5) is 17.6. The van der Waals surface area contributed by atoms with Crippen molar-refractivity contribution < 1.29 is 24.1 Å². The monoisotopic (exact) mass is 596 g/mol. The molecule has 14 heteroatoms. The van der Waals surface area contributed by atoms with Crippen molar-refractivity contribution >= 4 is 56.5 Å². The molecule has 0 bridgehead atoms. The van der Waals surface area contributed by atoms with E-state index in [1.54, 1.807) is 19.3 Å². The van der Waals surface area contributed by atoms with E-state index in [1.807, 2.05) is 6.07 Å². The van der Waals surface area contributed by atoms with Crippen LogP contribution in [0.15, 0.2) is 36.7 Å². The number of fused-ring (bicyclic) bond motifs is 1. The van der Waals surface area contributed by atoms with Crippen LogP contribution in [0, 0.1) is 12.8 Å². The van der Waals surface area contributed by atoms with Crippen molar-refractivity contribution in [1.82, 2.24) is 19.9 Å². The Kier molecular flexibility index (Phi) is 7.86. The summed E-state index contributed by atoms with van der Waals surface area (Å²) >= 11 is 13.2. The van der Waals surface area contributed by atoms with Gasteiger partial charge in [-0.3, -0.25) is 4.98 Å². The van der Waals surface area contributed by atoms with Gasteiger partial charge in [-0.2, -0.15) is 13.8 Å². The van der Waals surface area contributed by atoms with E-state index in [9.17, 15) is 24.1 Å². The highest BCUT2D eigenvalue weighted by molar-refractivity contribution is 7.21. The van der Waals surface area contributed by atoms with Gasteiger partial charge in [-0.05, 0) is 31.5 Å². The Morgan fingerprint density at radius 2 is 1.90 bits per heavy atom. The van der Waals surface area contributed by atoms with Gasteiger partial charge in [-0.25, -0.2) is 9.97 Å². The Bertz CT molecular complexity index is 1480. The zero-order valence-electron chi connectivity index (χ0n) is 20.4. The Morgan fingerprint density at radius 1 is 1.10 bits per heavy atom. The number of rotatable bonds is 8. The fourth-order valence-corrected chi connectivity index (χ4v) is 5.87. The summed E-state index contributed by atoms with van der Waals surface area (Å²) < 4.78 is 30.9. The maximum absolute atomic E-state index is 15.0. The molecule has 1 aliphatic carbocycles. The average molecular weight is 597 g/mol. The minimum Gasteiger partial charge on any atom is -0.396 e. The lowest BCUT2D eigenvalue weighted by molar-refractivity contribution is 0.00445. The molecular weight excluding hydrogens is 573 g/mol. The summed E-state index contributed by atoms with van der Waals surface area (Å²) in [7, 11) is 0. The molecule has 0 aliphatic heterocycles. The summed E-state index contributed by atoms with van der Waals surface area (Å²) in [5.74, 6) is -3.68. The number of thiazole rings is 1. The molecule has 206 valence electrons. The summed E-state index contributed by atoms with van der Waals surface area (Å²) in [6, 6.07) is 4.78. The predicted molar refractivity (Wildman–Crippen MR) is 147 cm³/mol. The molecule has 1 aliphatic rings. The normalized spacial score (nSPS) is 21.4. The van der Waals surface area contributed by atoms with E-state index in [0.29, 0.717) is 21.8 Å². The van der Waals surface area contributed by atoms with Gasteiger partial charge in [-0.15, -0.1) is 11.3 Å². The number of hydrogen-bond donors (Lipinski definition) is 5. The lowest BCUT2D eigenvalue weighted by Gasteiger charge is -2.22. The minimum absolute atomic E-state index is 0.0151. The molecule has 4 atom stereocenters. The summed E-state index contributed by atoms with van der Waals surface area (Å²) in [6.45, 7) is 0.576. The molecule has 0 saturated heterocycles. The molecule has 1 aromatic carbocycles. The van der Waals surface area contributed by atoms with E-state index in [1.165, 1.54) is 23.5 Å². The number of hydrogen-bond acceptors (Lipinski definition) is 10. The lowest BCUT2D eigenvalue weighted by Crippen LogP contribution is -2.36. The lowest BCUT2D eigenvalue weighted by atomic mass is 10.1. The fraction of sp³-hybridized carbons (Fsp3) is 0.360. The molecule has 3 heterocycles. The molecular formula is C25H24Cl2F2N6O3S. The standard InChI is InChI=1S/C25H24Cl2F2N6O3S/c1-11-19(23-34-17-8-30-5-4-18(17)39-23)22(33-16-6-12(9-36)20(37)21(16)38)35-24(32-11)31-10-25(28,29)13-2-3-14(26)15(27)7-13/h2-5,7-8,12,16,20-21,36-38H,6,9-10H2,1H3,(H2,31,32,33,35)/t12-,16-,20-,21+/m1/s1. The van der Waals surface area contributed by atoms with Crippen LogP contribution in [0.1, 0.15) is 17.7 Å². The second-order valence-electron chi connectivity index (χ2n) is 9.32. The van der Waals surface area contributed by atoms with Crippen LogP contribution in [0.5, 0.6) is 0 Å². The van der Waals surface area contributed by atoms with E-state index in [4.69, 9.17) is 23.2 Å².